The average Bonchev–Trinajstić information content (AvgIpc) is 4.22. The summed E-state index contributed by atoms with van der Waals surface area (Å²) in [5.41, 5.74) is 18.6. The summed E-state index contributed by atoms with van der Waals surface area (Å²) in [5.74, 6) is 49.8. The molecule has 1 unspecified atom stereocenters. The minimum Gasteiger partial charge on any atom is -0.172 e. The van der Waals surface area contributed by atoms with Crippen LogP contribution < -0.4 is 0 Å². The van der Waals surface area contributed by atoms with Gasteiger partial charge in [-0.05, 0) is 212 Å². The lowest BCUT2D eigenvalue weighted by Crippen LogP contribution is -2.21. The summed E-state index contributed by atoms with van der Waals surface area (Å²) in [7, 11) is 0. The van der Waals surface area contributed by atoms with E-state index < -0.39 is 5.41 Å². The molecule has 4 aliphatic rings. The largest absolute Gasteiger partial charge is 0.172 e. The molecule has 0 saturated heterocycles. The lowest BCUT2D eigenvalue weighted by molar-refractivity contribution is 0.873. The molecule has 0 amide bonds. The molecule has 11 rings (SSSR count). The zero-order valence-corrected chi connectivity index (χ0v) is 40.0. The summed E-state index contributed by atoms with van der Waals surface area (Å²) >= 11 is 4.77. The fraction of sp³-hybridized carbons (Fsp3) is 0.104. The fourth-order valence-corrected chi connectivity index (χ4v) is 12.3. The Morgan fingerprint density at radius 2 is 1.07 bits per heavy atom. The van der Waals surface area contributed by atoms with Gasteiger partial charge in [0.05, 0.1) is 11.7 Å². The molecule has 5 heteroatoms. The maximum absolute atomic E-state index is 5.21. The van der Waals surface area contributed by atoms with Crippen molar-refractivity contribution < 1.29 is 0 Å². The number of aromatic nitrogens is 2. The lowest BCUT2D eigenvalue weighted by atomic mass is 9.68. The van der Waals surface area contributed by atoms with E-state index in [0.717, 1.165) is 71.7 Å². The summed E-state index contributed by atoms with van der Waals surface area (Å²) in [6.07, 6.45) is 23.0. The van der Waals surface area contributed by atoms with Crippen LogP contribution in [-0.2, 0) is 11.8 Å². The molecule has 72 heavy (non-hydrogen) atoms. The molecular formula is C67H38N2S3. The highest BCUT2D eigenvalue weighted by molar-refractivity contribution is 7.19. The first-order valence-electron chi connectivity index (χ1n) is 22.1. The van der Waals surface area contributed by atoms with Gasteiger partial charge in [0.15, 0.2) is 0 Å². The number of benzene rings is 4. The number of nitrogens with zero attached hydrogens (tertiary/aromatic N) is 2. The van der Waals surface area contributed by atoms with Gasteiger partial charge in [-0.2, -0.15) is 8.75 Å². The lowest BCUT2D eigenvalue weighted by Gasteiger charge is -2.35. The van der Waals surface area contributed by atoms with Crippen LogP contribution in [0.1, 0.15) is 61.1 Å². The predicted molar refractivity (Wildman–Crippen MR) is 305 cm³/mol. The molecule has 1 atom stereocenters. The molecule has 7 aromatic rings. The van der Waals surface area contributed by atoms with E-state index in [9.17, 15) is 0 Å². The van der Waals surface area contributed by atoms with Crippen LogP contribution in [0.25, 0.3) is 70.0 Å². The average molecular weight is 967 g/mol. The second-order valence-electron chi connectivity index (χ2n) is 16.5. The maximum Gasteiger partial charge on any atom is 0.145 e. The quantitative estimate of drug-likeness (QED) is 0.164. The first-order chi connectivity index (χ1) is 34.5. The molecule has 3 heterocycles. The second kappa shape index (κ2) is 20.3. The normalized spacial score (nSPS) is 13.5. The third kappa shape index (κ3) is 8.47. The van der Waals surface area contributed by atoms with Crippen LogP contribution in [0, 0.1) is 126 Å². The molecule has 2 nitrogen and oxygen atoms in total. The van der Waals surface area contributed by atoms with Crippen molar-refractivity contribution in [1.82, 2.24) is 8.75 Å². The third-order valence-corrected chi connectivity index (χ3v) is 15.5. The molecular weight excluding hydrogens is 929 g/mol. The number of rotatable bonds is 4. The Kier molecular flexibility index (Phi) is 13.5. The van der Waals surface area contributed by atoms with Gasteiger partial charge < -0.3 is 0 Å². The summed E-state index contributed by atoms with van der Waals surface area (Å²) in [4.78, 5) is 4.59. The molecule has 334 valence electrons. The molecule has 0 aliphatic heterocycles. The maximum atomic E-state index is 5.21. The molecule has 0 bridgehead atoms. The Balaban J connectivity index is 0.00000320. The van der Waals surface area contributed by atoms with Gasteiger partial charge >= 0.3 is 0 Å². The van der Waals surface area contributed by atoms with E-state index in [1.165, 1.54) is 60.5 Å². The highest BCUT2D eigenvalue weighted by Gasteiger charge is 2.42. The molecule has 0 N–H and O–H groups in total. The van der Waals surface area contributed by atoms with Crippen molar-refractivity contribution >= 4 is 51.5 Å². The Labute approximate surface area is 435 Å². The minimum absolute atomic E-state index is 0. The van der Waals surface area contributed by atoms with E-state index >= 15 is 0 Å². The summed E-state index contributed by atoms with van der Waals surface area (Å²) in [5, 5.41) is 0. The number of aryl methyl sites for hydroxylation is 1. The van der Waals surface area contributed by atoms with E-state index in [-0.39, 0.29) is 14.9 Å². The van der Waals surface area contributed by atoms with Gasteiger partial charge in [-0.3, -0.25) is 0 Å². The third-order valence-electron chi connectivity index (χ3n) is 12.7. The molecule has 3 aromatic heterocycles. The molecule has 0 saturated carbocycles. The Morgan fingerprint density at radius 3 is 1.71 bits per heavy atom. The minimum atomic E-state index is -1.07. The number of hydrogen-bond acceptors (Lipinski definition) is 5. The van der Waals surface area contributed by atoms with E-state index in [1.54, 1.807) is 11.3 Å². The summed E-state index contributed by atoms with van der Waals surface area (Å²) in [6.45, 7) is 4.29. The Morgan fingerprint density at radius 1 is 0.542 bits per heavy atom. The first kappa shape index (κ1) is 47.7. The van der Waals surface area contributed by atoms with E-state index in [4.69, 9.17) is 21.6 Å². The van der Waals surface area contributed by atoms with Crippen molar-refractivity contribution in [2.24, 2.45) is 0 Å². The van der Waals surface area contributed by atoms with E-state index in [1.807, 2.05) is 11.3 Å². The van der Waals surface area contributed by atoms with Crippen molar-refractivity contribution in [3.05, 3.63) is 159 Å². The summed E-state index contributed by atoms with van der Waals surface area (Å²) < 4.78 is 9.78. The van der Waals surface area contributed by atoms with Crippen LogP contribution >= 0.6 is 34.4 Å². The van der Waals surface area contributed by atoms with E-state index in [2.05, 4.69) is 236 Å². The zero-order valence-electron chi connectivity index (χ0n) is 37.5. The smallest absolute Gasteiger partial charge is 0.145 e. The van der Waals surface area contributed by atoms with Crippen LogP contribution in [0.3, 0.4) is 0 Å². The second-order valence-corrected chi connectivity index (χ2v) is 19.2. The monoisotopic (exact) mass is 966 g/mol. The Bertz CT molecular complexity index is 4180. The first-order valence-corrected chi connectivity index (χ1v) is 24.4. The Hall–Kier alpha value is -9.34. The highest BCUT2D eigenvalue weighted by atomic mass is 32.1. The number of thiophene rings is 2. The van der Waals surface area contributed by atoms with Gasteiger partial charge in [0.25, 0.3) is 0 Å². The molecule has 4 aliphatic carbocycles. The predicted octanol–water partition coefficient (Wildman–Crippen LogP) is 14.1. The molecule has 0 spiro atoms. The SMILES string of the molecule is C.C.C#CC#CC#CC#CC#CC1(C#CC#CC#CC#CC#C)c2cc(C)ccc2-c2ccc(-c3ccc(-c4ccc(-c5ccc(-c6ccc7c8c6C=CC6=CC=C(C)C(=CC7)C68)s5)c5nsnc45)s3)cc21. The molecule has 0 fully saturated rings. The van der Waals surface area contributed by atoms with Gasteiger partial charge in [0, 0.05) is 36.6 Å². The van der Waals surface area contributed by atoms with Crippen LogP contribution in [-0.4, -0.2) is 8.75 Å². The van der Waals surface area contributed by atoms with Crippen LogP contribution in [0.2, 0.25) is 0 Å². The highest BCUT2D eigenvalue weighted by Crippen LogP contribution is 2.53. The zero-order chi connectivity index (χ0) is 47.6. The molecule has 0 radical (unpaired) electrons. The van der Waals surface area contributed by atoms with Crippen LogP contribution in [0.5, 0.6) is 0 Å². The number of fused-ring (bicyclic) bond motifs is 4. The number of allylic oxidation sites excluding steroid dienone is 7. The van der Waals surface area contributed by atoms with Gasteiger partial charge in [-0.15, -0.1) is 35.5 Å². The van der Waals surface area contributed by atoms with Gasteiger partial charge in [-0.1, -0.05) is 117 Å². The standard InChI is InChI=1S/C65H30N2S3.2CH4/c1-5-7-9-11-13-15-17-19-39-65(40-20-18-16-14-12-10-8-6-2)55-41-43(3)21-28-49(55)50-30-27-47(42-56(50)65)57-35-36-59(68-57)53-33-34-54(64-63(53)66-70-67-64)60-38-37-58(69-60)51-31-25-46-24-29-48-44(4)22-23-45-26-32-52(51)62(46)61(45)48;;/h1-2,21-23,25-38,41-42,61H,24H2,3-4H3;2*1H4. The van der Waals surface area contributed by atoms with Crippen molar-refractivity contribution in [2.75, 3.05) is 0 Å². The van der Waals surface area contributed by atoms with Crippen LogP contribution in [0.15, 0.2) is 126 Å². The van der Waals surface area contributed by atoms with Crippen molar-refractivity contribution in [3.63, 3.8) is 0 Å². The number of hydrogen-bond donors (Lipinski definition) is 0. The van der Waals surface area contributed by atoms with Gasteiger partial charge in [0.2, 0.25) is 0 Å². The molecule has 4 aromatic carbocycles. The van der Waals surface area contributed by atoms with Crippen molar-refractivity contribution in [1.29, 1.82) is 0 Å². The number of terminal acetylenes is 2. The topological polar surface area (TPSA) is 25.8 Å². The van der Waals surface area contributed by atoms with E-state index in [0.29, 0.717) is 5.92 Å². The van der Waals surface area contributed by atoms with Crippen LogP contribution in [0.4, 0.5) is 0 Å². The van der Waals surface area contributed by atoms with Gasteiger partial charge in [-0.25, -0.2) is 0 Å². The summed E-state index contributed by atoms with van der Waals surface area (Å²) in [6, 6.07) is 30.8. The van der Waals surface area contributed by atoms with Crippen molar-refractivity contribution in [2.45, 2.75) is 46.5 Å². The van der Waals surface area contributed by atoms with Crippen molar-refractivity contribution in [3.8, 4) is 172 Å². The van der Waals surface area contributed by atoms with Gasteiger partial charge in [0.1, 0.15) is 16.4 Å². The fourth-order valence-electron chi connectivity index (χ4n) is 9.62.